The smallest absolute Gasteiger partial charge is 0.105 e. The summed E-state index contributed by atoms with van der Waals surface area (Å²) in [5, 5.41) is 0. The van der Waals surface area contributed by atoms with Crippen molar-refractivity contribution in [2.75, 3.05) is 11.8 Å². The summed E-state index contributed by atoms with van der Waals surface area (Å²) in [5.74, 6) is 3.35. The highest BCUT2D eigenvalue weighted by Crippen LogP contribution is 1.95. The lowest BCUT2D eigenvalue weighted by atomic mass is 10.6. The molecule has 2 aromatic rings. The third-order valence-corrected chi connectivity index (χ3v) is 2.84. The SMILES string of the molecule is Cc1nccn1CCCl.Cc1nccn1CCCl. The van der Waals surface area contributed by atoms with Crippen LogP contribution in [0.4, 0.5) is 0 Å². The Hall–Kier alpha value is -1.00. The number of hydrogen-bond donors (Lipinski definition) is 0. The topological polar surface area (TPSA) is 35.6 Å². The molecule has 18 heavy (non-hydrogen) atoms. The zero-order valence-corrected chi connectivity index (χ0v) is 12.2. The molecule has 2 aromatic heterocycles. The van der Waals surface area contributed by atoms with E-state index in [2.05, 4.69) is 9.97 Å². The Labute approximate surface area is 118 Å². The molecule has 100 valence electrons. The summed E-state index contributed by atoms with van der Waals surface area (Å²) < 4.78 is 4.04. The van der Waals surface area contributed by atoms with Gasteiger partial charge in [0.2, 0.25) is 0 Å². The largest absolute Gasteiger partial charge is 0.334 e. The Morgan fingerprint density at radius 1 is 0.889 bits per heavy atom. The molecule has 0 aliphatic rings. The van der Waals surface area contributed by atoms with Crippen molar-refractivity contribution >= 4 is 23.2 Å². The van der Waals surface area contributed by atoms with E-state index in [0.717, 1.165) is 24.7 Å². The molecule has 0 saturated carbocycles. The van der Waals surface area contributed by atoms with Crippen LogP contribution < -0.4 is 0 Å². The van der Waals surface area contributed by atoms with Crippen molar-refractivity contribution in [2.24, 2.45) is 0 Å². The molecule has 0 unspecified atom stereocenters. The molecule has 2 rings (SSSR count). The molecular formula is C12H18Cl2N4. The third kappa shape index (κ3) is 4.70. The number of hydrogen-bond acceptors (Lipinski definition) is 2. The van der Waals surface area contributed by atoms with E-state index in [9.17, 15) is 0 Å². The maximum absolute atomic E-state index is 5.52. The van der Waals surface area contributed by atoms with Crippen LogP contribution in [0.25, 0.3) is 0 Å². The fourth-order valence-corrected chi connectivity index (χ4v) is 1.83. The van der Waals surface area contributed by atoms with Crippen LogP contribution in [0.3, 0.4) is 0 Å². The van der Waals surface area contributed by atoms with Gasteiger partial charge in [-0.25, -0.2) is 9.97 Å². The third-order valence-electron chi connectivity index (χ3n) is 2.50. The van der Waals surface area contributed by atoms with Crippen molar-refractivity contribution in [3.05, 3.63) is 36.4 Å². The van der Waals surface area contributed by atoms with Gasteiger partial charge in [-0.1, -0.05) is 0 Å². The minimum absolute atomic E-state index is 0.650. The monoisotopic (exact) mass is 288 g/mol. The van der Waals surface area contributed by atoms with E-state index in [4.69, 9.17) is 23.2 Å². The van der Waals surface area contributed by atoms with Crippen molar-refractivity contribution < 1.29 is 0 Å². The van der Waals surface area contributed by atoms with Crippen LogP contribution in [0, 0.1) is 13.8 Å². The number of rotatable bonds is 4. The van der Waals surface area contributed by atoms with Crippen LogP contribution >= 0.6 is 23.2 Å². The van der Waals surface area contributed by atoms with E-state index in [-0.39, 0.29) is 0 Å². The first-order chi connectivity index (χ1) is 8.69. The van der Waals surface area contributed by atoms with E-state index in [0.29, 0.717) is 11.8 Å². The van der Waals surface area contributed by atoms with E-state index in [1.54, 1.807) is 12.4 Å². The molecule has 4 nitrogen and oxygen atoms in total. The number of aromatic nitrogens is 4. The van der Waals surface area contributed by atoms with Crippen molar-refractivity contribution in [3.63, 3.8) is 0 Å². The number of nitrogens with zero attached hydrogens (tertiary/aromatic N) is 4. The van der Waals surface area contributed by atoms with Crippen molar-refractivity contribution in [1.82, 2.24) is 19.1 Å². The average molecular weight is 289 g/mol. The highest BCUT2D eigenvalue weighted by atomic mass is 35.5. The molecule has 6 heteroatoms. The maximum atomic E-state index is 5.52. The normalized spacial score (nSPS) is 10.0. The van der Waals surface area contributed by atoms with E-state index < -0.39 is 0 Å². The molecule has 0 aromatic carbocycles. The lowest BCUT2D eigenvalue weighted by Crippen LogP contribution is -1.99. The summed E-state index contributed by atoms with van der Waals surface area (Å²) in [5.41, 5.74) is 0. The first-order valence-corrected chi connectivity index (χ1v) is 6.83. The summed E-state index contributed by atoms with van der Waals surface area (Å²) in [6, 6.07) is 0. The Morgan fingerprint density at radius 3 is 1.50 bits per heavy atom. The van der Waals surface area contributed by atoms with Gasteiger partial charge >= 0.3 is 0 Å². The lowest BCUT2D eigenvalue weighted by Gasteiger charge is -1.98. The molecule has 0 radical (unpaired) electrons. The van der Waals surface area contributed by atoms with Crippen LogP contribution in [0.1, 0.15) is 11.6 Å². The van der Waals surface area contributed by atoms with Gasteiger partial charge in [-0.05, 0) is 13.8 Å². The fourth-order valence-electron chi connectivity index (χ4n) is 1.46. The predicted octanol–water partition coefficient (Wildman–Crippen LogP) is 2.86. The molecule has 0 aliphatic heterocycles. The second kappa shape index (κ2) is 8.16. The first-order valence-electron chi connectivity index (χ1n) is 5.76. The van der Waals surface area contributed by atoms with E-state index in [1.807, 2.05) is 35.4 Å². The molecule has 0 fully saturated rings. The Morgan fingerprint density at radius 2 is 1.28 bits per heavy atom. The molecule has 0 N–H and O–H groups in total. The van der Waals surface area contributed by atoms with Gasteiger partial charge in [0.05, 0.1) is 0 Å². The predicted molar refractivity (Wildman–Crippen MR) is 75.4 cm³/mol. The molecule has 0 amide bonds. The van der Waals surface area contributed by atoms with Gasteiger partial charge in [-0.2, -0.15) is 0 Å². The summed E-state index contributed by atoms with van der Waals surface area (Å²) in [6.07, 6.45) is 7.42. The Balaban J connectivity index is 0.000000180. The minimum Gasteiger partial charge on any atom is -0.334 e. The molecule has 0 aliphatic carbocycles. The van der Waals surface area contributed by atoms with Crippen molar-refractivity contribution in [2.45, 2.75) is 26.9 Å². The fraction of sp³-hybridized carbons (Fsp3) is 0.500. The van der Waals surface area contributed by atoms with E-state index in [1.165, 1.54) is 0 Å². The standard InChI is InChI=1S/2C6H9ClN2/c2*1-6-8-3-5-9(6)4-2-7/h2*3,5H,2,4H2,1H3. The molecule has 0 saturated heterocycles. The second-order valence-corrected chi connectivity index (χ2v) is 4.47. The summed E-state index contributed by atoms with van der Waals surface area (Å²) >= 11 is 11.0. The van der Waals surface area contributed by atoms with Crippen molar-refractivity contribution in [1.29, 1.82) is 0 Å². The second-order valence-electron chi connectivity index (χ2n) is 3.71. The number of alkyl halides is 2. The van der Waals surface area contributed by atoms with Gasteiger partial charge in [0.15, 0.2) is 0 Å². The molecule has 0 spiro atoms. The van der Waals surface area contributed by atoms with Gasteiger partial charge in [0.25, 0.3) is 0 Å². The maximum Gasteiger partial charge on any atom is 0.105 e. The van der Waals surface area contributed by atoms with Crippen LogP contribution in [-0.2, 0) is 13.1 Å². The zero-order chi connectivity index (χ0) is 13.4. The molecule has 0 atom stereocenters. The van der Waals surface area contributed by atoms with Crippen LogP contribution in [0.5, 0.6) is 0 Å². The molecule has 2 heterocycles. The zero-order valence-electron chi connectivity index (χ0n) is 10.7. The van der Waals surface area contributed by atoms with Crippen LogP contribution in [-0.4, -0.2) is 30.9 Å². The van der Waals surface area contributed by atoms with Gasteiger partial charge in [0, 0.05) is 49.6 Å². The van der Waals surface area contributed by atoms with Gasteiger partial charge in [0.1, 0.15) is 11.6 Å². The quantitative estimate of drug-likeness (QED) is 0.811. The Bertz CT molecular complexity index is 408. The average Bonchev–Trinajstić information content (AvgIpc) is 2.92. The number of imidazole rings is 2. The summed E-state index contributed by atoms with van der Waals surface area (Å²) in [7, 11) is 0. The number of halogens is 2. The Kier molecular flexibility index (Phi) is 6.83. The number of aryl methyl sites for hydroxylation is 4. The van der Waals surface area contributed by atoms with Crippen molar-refractivity contribution in [3.8, 4) is 0 Å². The summed E-state index contributed by atoms with van der Waals surface area (Å²) in [4.78, 5) is 8.08. The van der Waals surface area contributed by atoms with Gasteiger partial charge in [-0.3, -0.25) is 0 Å². The van der Waals surface area contributed by atoms with E-state index >= 15 is 0 Å². The first kappa shape index (κ1) is 15.1. The molecule has 0 bridgehead atoms. The minimum atomic E-state index is 0.650. The van der Waals surface area contributed by atoms with Gasteiger partial charge in [-0.15, -0.1) is 23.2 Å². The van der Waals surface area contributed by atoms with Crippen LogP contribution in [0.15, 0.2) is 24.8 Å². The highest BCUT2D eigenvalue weighted by Gasteiger charge is 1.92. The van der Waals surface area contributed by atoms with Gasteiger partial charge < -0.3 is 9.13 Å². The van der Waals surface area contributed by atoms with Crippen LogP contribution in [0.2, 0.25) is 0 Å². The highest BCUT2D eigenvalue weighted by molar-refractivity contribution is 6.18. The lowest BCUT2D eigenvalue weighted by molar-refractivity contribution is 0.735. The summed E-state index contributed by atoms with van der Waals surface area (Å²) in [6.45, 7) is 5.64. The molecular weight excluding hydrogens is 271 g/mol.